The third kappa shape index (κ3) is 3.27. The molecule has 2 saturated heterocycles. The molecule has 1 atom stereocenters. The highest BCUT2D eigenvalue weighted by atomic mass is 32.2. The van der Waals surface area contributed by atoms with Crippen LogP contribution in [0.25, 0.3) is 0 Å². The van der Waals surface area contributed by atoms with E-state index in [0.29, 0.717) is 32.4 Å². The van der Waals surface area contributed by atoms with E-state index < -0.39 is 21.2 Å². The Balaban J connectivity index is 1.98. The summed E-state index contributed by atoms with van der Waals surface area (Å²) in [5.74, 6) is -0.227. The van der Waals surface area contributed by atoms with Crippen molar-refractivity contribution in [2.75, 3.05) is 33.7 Å². The summed E-state index contributed by atoms with van der Waals surface area (Å²) in [6.45, 7) is 2.98. The average molecular weight is 331 g/mol. The molecule has 7 nitrogen and oxygen atoms in total. The van der Waals surface area contributed by atoms with Crippen LogP contribution in [0, 0.1) is 0 Å². The first-order chi connectivity index (χ1) is 10.2. The molecule has 2 amide bonds. The second kappa shape index (κ2) is 6.54. The van der Waals surface area contributed by atoms with Crippen LogP contribution in [0.3, 0.4) is 0 Å². The van der Waals surface area contributed by atoms with Crippen LogP contribution in [-0.2, 0) is 19.6 Å². The van der Waals surface area contributed by atoms with E-state index in [9.17, 15) is 18.0 Å². The Labute approximate surface area is 132 Å². The van der Waals surface area contributed by atoms with E-state index in [1.165, 1.54) is 16.1 Å². The van der Waals surface area contributed by atoms with E-state index in [0.717, 1.165) is 13.0 Å². The molecule has 0 aromatic rings. The lowest BCUT2D eigenvalue weighted by molar-refractivity contribution is -0.130. The maximum atomic E-state index is 12.5. The standard InChI is InChI=1S/C14H25N3O4S/c1-11(14(19)15(2)3)22(20,21)16-9-6-12(7-10-16)17-8-4-5-13(17)18/h11-12H,4-10H2,1-3H3. The lowest BCUT2D eigenvalue weighted by Gasteiger charge is -2.37. The SMILES string of the molecule is CC(C(=O)N(C)C)S(=O)(=O)N1CCC(N2CCCC2=O)CC1. The molecule has 2 rings (SSSR count). The van der Waals surface area contributed by atoms with Gasteiger partial charge in [0.2, 0.25) is 21.8 Å². The monoisotopic (exact) mass is 331 g/mol. The number of amides is 2. The van der Waals surface area contributed by atoms with Crippen LogP contribution in [-0.4, -0.2) is 79.4 Å². The molecule has 2 fully saturated rings. The number of likely N-dealkylation sites (tertiary alicyclic amines) is 1. The van der Waals surface area contributed by atoms with Crippen LogP contribution in [0.4, 0.5) is 0 Å². The highest BCUT2D eigenvalue weighted by Crippen LogP contribution is 2.24. The van der Waals surface area contributed by atoms with Crippen LogP contribution in [0.2, 0.25) is 0 Å². The minimum atomic E-state index is -3.63. The van der Waals surface area contributed by atoms with Crippen molar-refractivity contribution in [2.45, 2.75) is 43.9 Å². The molecule has 0 bridgehead atoms. The van der Waals surface area contributed by atoms with Gasteiger partial charge in [-0.3, -0.25) is 9.59 Å². The van der Waals surface area contributed by atoms with Gasteiger partial charge < -0.3 is 9.80 Å². The lowest BCUT2D eigenvalue weighted by Crippen LogP contribution is -2.51. The third-order valence-electron chi connectivity index (χ3n) is 4.57. The number of hydrogen-bond acceptors (Lipinski definition) is 4. The smallest absolute Gasteiger partial charge is 0.241 e. The topological polar surface area (TPSA) is 78.0 Å². The summed E-state index contributed by atoms with van der Waals surface area (Å²) in [5.41, 5.74) is 0. The van der Waals surface area contributed by atoms with E-state index in [1.807, 2.05) is 4.90 Å². The molecule has 0 aliphatic carbocycles. The van der Waals surface area contributed by atoms with Crippen molar-refractivity contribution in [1.29, 1.82) is 0 Å². The molecular formula is C14H25N3O4S. The van der Waals surface area contributed by atoms with Crippen LogP contribution in [0.15, 0.2) is 0 Å². The fourth-order valence-corrected chi connectivity index (χ4v) is 4.81. The van der Waals surface area contributed by atoms with Crippen molar-refractivity contribution < 1.29 is 18.0 Å². The second-order valence-electron chi connectivity index (χ2n) is 6.24. The van der Waals surface area contributed by atoms with Crippen molar-refractivity contribution in [3.8, 4) is 0 Å². The van der Waals surface area contributed by atoms with Crippen molar-refractivity contribution in [3.05, 3.63) is 0 Å². The molecule has 0 spiro atoms. The molecule has 2 heterocycles. The fraction of sp³-hybridized carbons (Fsp3) is 0.857. The number of rotatable bonds is 4. The van der Waals surface area contributed by atoms with E-state index in [2.05, 4.69) is 0 Å². The van der Waals surface area contributed by atoms with Gasteiger partial charge in [-0.2, -0.15) is 0 Å². The summed E-state index contributed by atoms with van der Waals surface area (Å²) in [6.07, 6.45) is 2.79. The maximum absolute atomic E-state index is 12.5. The molecule has 2 aliphatic heterocycles. The normalized spacial score (nSPS) is 22.9. The average Bonchev–Trinajstić information content (AvgIpc) is 2.91. The van der Waals surface area contributed by atoms with E-state index >= 15 is 0 Å². The minimum Gasteiger partial charge on any atom is -0.348 e. The number of carbonyl (C=O) groups is 2. The summed E-state index contributed by atoms with van der Waals surface area (Å²) >= 11 is 0. The predicted molar refractivity (Wildman–Crippen MR) is 82.6 cm³/mol. The molecule has 0 N–H and O–H groups in total. The summed E-state index contributed by atoms with van der Waals surface area (Å²) in [4.78, 5) is 26.9. The summed E-state index contributed by atoms with van der Waals surface area (Å²) in [7, 11) is -0.518. The Hall–Kier alpha value is -1.15. The van der Waals surface area contributed by atoms with E-state index in [1.54, 1.807) is 14.1 Å². The summed E-state index contributed by atoms with van der Waals surface area (Å²) in [5, 5.41) is -1.06. The molecular weight excluding hydrogens is 306 g/mol. The zero-order valence-corrected chi connectivity index (χ0v) is 14.3. The van der Waals surface area contributed by atoms with Crippen LogP contribution in [0.1, 0.15) is 32.6 Å². The Morgan fingerprint density at radius 2 is 1.82 bits per heavy atom. The van der Waals surface area contributed by atoms with Gasteiger partial charge in [0.25, 0.3) is 0 Å². The van der Waals surface area contributed by atoms with Crippen LogP contribution < -0.4 is 0 Å². The number of hydrogen-bond donors (Lipinski definition) is 0. The Morgan fingerprint density at radius 3 is 2.27 bits per heavy atom. The first-order valence-corrected chi connectivity index (χ1v) is 9.25. The zero-order chi connectivity index (χ0) is 16.5. The molecule has 22 heavy (non-hydrogen) atoms. The highest BCUT2D eigenvalue weighted by molar-refractivity contribution is 7.90. The van der Waals surface area contributed by atoms with E-state index in [4.69, 9.17) is 0 Å². The van der Waals surface area contributed by atoms with Crippen molar-refractivity contribution in [1.82, 2.24) is 14.1 Å². The molecule has 0 radical (unpaired) electrons. The fourth-order valence-electron chi connectivity index (χ4n) is 3.18. The van der Waals surface area contributed by atoms with Gasteiger partial charge in [-0.05, 0) is 26.2 Å². The Morgan fingerprint density at radius 1 is 1.23 bits per heavy atom. The minimum absolute atomic E-state index is 0.140. The van der Waals surface area contributed by atoms with Gasteiger partial charge in [-0.25, -0.2) is 12.7 Å². The van der Waals surface area contributed by atoms with Gasteiger partial charge in [0.1, 0.15) is 0 Å². The molecule has 126 valence electrons. The van der Waals surface area contributed by atoms with Gasteiger partial charge in [-0.15, -0.1) is 0 Å². The summed E-state index contributed by atoms with van der Waals surface area (Å²) < 4.78 is 26.4. The number of nitrogens with zero attached hydrogens (tertiary/aromatic N) is 3. The van der Waals surface area contributed by atoms with Gasteiger partial charge in [-0.1, -0.05) is 0 Å². The zero-order valence-electron chi connectivity index (χ0n) is 13.5. The quantitative estimate of drug-likeness (QED) is 0.719. The molecule has 0 saturated carbocycles. The van der Waals surface area contributed by atoms with Gasteiger partial charge >= 0.3 is 0 Å². The largest absolute Gasteiger partial charge is 0.348 e. The molecule has 0 aromatic carbocycles. The number of carbonyl (C=O) groups excluding carboxylic acids is 2. The van der Waals surface area contributed by atoms with Crippen molar-refractivity contribution >= 4 is 21.8 Å². The molecule has 0 aromatic heterocycles. The van der Waals surface area contributed by atoms with Crippen LogP contribution in [0.5, 0.6) is 0 Å². The first kappa shape index (κ1) is 17.2. The maximum Gasteiger partial charge on any atom is 0.241 e. The van der Waals surface area contributed by atoms with Crippen molar-refractivity contribution in [3.63, 3.8) is 0 Å². The molecule has 1 unspecified atom stereocenters. The highest BCUT2D eigenvalue weighted by Gasteiger charge is 2.38. The Kier molecular flexibility index (Phi) is 5.11. The molecule has 2 aliphatic rings. The second-order valence-corrected chi connectivity index (χ2v) is 8.49. The third-order valence-corrected chi connectivity index (χ3v) is 6.75. The predicted octanol–water partition coefficient (Wildman–Crippen LogP) is -0.120. The summed E-state index contributed by atoms with van der Waals surface area (Å²) in [6, 6.07) is 0.140. The van der Waals surface area contributed by atoms with Gasteiger partial charge in [0.05, 0.1) is 0 Å². The van der Waals surface area contributed by atoms with Crippen molar-refractivity contribution in [2.24, 2.45) is 0 Å². The molecule has 8 heteroatoms. The first-order valence-electron chi connectivity index (χ1n) is 7.74. The van der Waals surface area contributed by atoms with Gasteiger partial charge in [0, 0.05) is 46.2 Å². The van der Waals surface area contributed by atoms with Crippen LogP contribution >= 0.6 is 0 Å². The van der Waals surface area contributed by atoms with Gasteiger partial charge in [0.15, 0.2) is 5.25 Å². The number of piperidine rings is 1. The number of sulfonamides is 1. The van der Waals surface area contributed by atoms with E-state index in [-0.39, 0.29) is 11.9 Å². The Bertz CT molecular complexity index is 538. The lowest BCUT2D eigenvalue weighted by atomic mass is 10.1.